The summed E-state index contributed by atoms with van der Waals surface area (Å²) in [5.74, 6) is 1.73. The fraction of sp³-hybridized carbons (Fsp3) is 0.625. The molecule has 1 aromatic rings. The average molecular weight is 276 g/mol. The predicted molar refractivity (Wildman–Crippen MR) is 80.4 cm³/mol. The van der Waals surface area contributed by atoms with Crippen LogP contribution in [-0.2, 0) is 4.74 Å². The summed E-state index contributed by atoms with van der Waals surface area (Å²) in [6, 6.07) is 8.92. The van der Waals surface area contributed by atoms with E-state index < -0.39 is 0 Å². The molecule has 20 heavy (non-hydrogen) atoms. The number of piperidine rings is 1. The summed E-state index contributed by atoms with van der Waals surface area (Å²) < 4.78 is 10.6. The Hall–Kier alpha value is -1.26. The molecule has 1 aromatic carbocycles. The summed E-state index contributed by atoms with van der Waals surface area (Å²) in [6.45, 7) is 5.03. The van der Waals surface area contributed by atoms with Crippen molar-refractivity contribution in [2.24, 2.45) is 5.92 Å². The lowest BCUT2D eigenvalue weighted by molar-refractivity contribution is 0.146. The lowest BCUT2D eigenvalue weighted by Gasteiger charge is -2.31. The number of nitrogens with one attached hydrogen (secondary N) is 1. The SMILES string of the molecule is COCCOc1ccc(NC2CCN3CCC2C3)cc1. The minimum Gasteiger partial charge on any atom is -0.491 e. The summed E-state index contributed by atoms with van der Waals surface area (Å²) in [5.41, 5.74) is 1.20. The van der Waals surface area contributed by atoms with Crippen LogP contribution in [0.5, 0.6) is 5.75 Å². The molecule has 0 radical (unpaired) electrons. The highest BCUT2D eigenvalue weighted by Gasteiger charge is 2.33. The van der Waals surface area contributed by atoms with E-state index in [0.717, 1.165) is 11.7 Å². The standard InChI is InChI=1S/C16H24N2O2/c1-19-10-11-20-15-4-2-14(3-5-15)17-16-7-9-18-8-6-13(16)12-18/h2-5,13,16-17H,6-12H2,1H3. The molecule has 0 spiro atoms. The number of ether oxygens (including phenoxy) is 2. The molecule has 110 valence electrons. The smallest absolute Gasteiger partial charge is 0.119 e. The number of hydrogen-bond donors (Lipinski definition) is 1. The van der Waals surface area contributed by atoms with E-state index in [-0.39, 0.29) is 0 Å². The van der Waals surface area contributed by atoms with E-state index in [1.807, 2.05) is 12.1 Å². The highest BCUT2D eigenvalue weighted by molar-refractivity contribution is 5.47. The van der Waals surface area contributed by atoms with Crippen molar-refractivity contribution in [3.63, 3.8) is 0 Å². The van der Waals surface area contributed by atoms with Gasteiger partial charge in [-0.25, -0.2) is 0 Å². The third kappa shape index (κ3) is 3.25. The first kappa shape index (κ1) is 13.7. The second kappa shape index (κ2) is 6.46. The topological polar surface area (TPSA) is 33.7 Å². The Kier molecular flexibility index (Phi) is 4.43. The minimum absolute atomic E-state index is 0.601. The first-order chi connectivity index (χ1) is 9.85. The monoisotopic (exact) mass is 276 g/mol. The van der Waals surface area contributed by atoms with Crippen LogP contribution in [0.2, 0.25) is 0 Å². The van der Waals surface area contributed by atoms with Crippen LogP contribution in [0.4, 0.5) is 5.69 Å². The van der Waals surface area contributed by atoms with E-state index in [1.165, 1.54) is 38.2 Å². The summed E-state index contributed by atoms with van der Waals surface area (Å²) in [7, 11) is 1.69. The molecule has 2 aliphatic rings. The quantitative estimate of drug-likeness (QED) is 0.808. The van der Waals surface area contributed by atoms with Gasteiger partial charge in [0.1, 0.15) is 12.4 Å². The third-order valence-corrected chi connectivity index (χ3v) is 4.40. The normalized spacial score (nSPS) is 28.4. The molecule has 0 saturated carbocycles. The highest BCUT2D eigenvalue weighted by Crippen LogP contribution is 2.29. The van der Waals surface area contributed by atoms with Crippen LogP contribution in [0.1, 0.15) is 12.8 Å². The molecule has 1 N–H and O–H groups in total. The van der Waals surface area contributed by atoms with Gasteiger partial charge < -0.3 is 19.7 Å². The predicted octanol–water partition coefficient (Wildman–Crippen LogP) is 2.22. The average Bonchev–Trinajstić information content (AvgIpc) is 2.87. The Balaban J connectivity index is 1.52. The van der Waals surface area contributed by atoms with E-state index >= 15 is 0 Å². The molecule has 2 fully saturated rings. The Bertz CT molecular complexity index is 421. The number of benzene rings is 1. The lowest BCUT2D eigenvalue weighted by atomic mass is 9.94. The molecule has 2 heterocycles. The molecule has 4 nitrogen and oxygen atoms in total. The zero-order valence-corrected chi connectivity index (χ0v) is 12.2. The maximum absolute atomic E-state index is 5.58. The number of nitrogens with zero attached hydrogens (tertiary/aromatic N) is 1. The second-order valence-electron chi connectivity index (χ2n) is 5.75. The van der Waals surface area contributed by atoms with E-state index in [0.29, 0.717) is 19.3 Å². The van der Waals surface area contributed by atoms with E-state index in [1.54, 1.807) is 7.11 Å². The summed E-state index contributed by atoms with van der Waals surface area (Å²) in [4.78, 5) is 2.58. The van der Waals surface area contributed by atoms with Crippen molar-refractivity contribution < 1.29 is 9.47 Å². The summed E-state index contributed by atoms with van der Waals surface area (Å²) >= 11 is 0. The molecule has 4 heteroatoms. The van der Waals surface area contributed by atoms with Gasteiger partial charge in [-0.2, -0.15) is 0 Å². The highest BCUT2D eigenvalue weighted by atomic mass is 16.5. The van der Waals surface area contributed by atoms with E-state index in [9.17, 15) is 0 Å². The molecular formula is C16H24N2O2. The summed E-state index contributed by atoms with van der Waals surface area (Å²) in [6.07, 6.45) is 2.60. The molecule has 0 amide bonds. The van der Waals surface area contributed by atoms with Crippen LogP contribution in [0.15, 0.2) is 24.3 Å². The Morgan fingerprint density at radius 3 is 2.75 bits per heavy atom. The number of anilines is 1. The first-order valence-electron chi connectivity index (χ1n) is 7.56. The molecule has 0 aromatic heterocycles. The number of fused-ring (bicyclic) bond motifs is 2. The Morgan fingerprint density at radius 1 is 1.15 bits per heavy atom. The van der Waals surface area contributed by atoms with Crippen molar-refractivity contribution in [1.29, 1.82) is 0 Å². The van der Waals surface area contributed by atoms with E-state index in [4.69, 9.17) is 9.47 Å². The Morgan fingerprint density at radius 2 is 1.95 bits per heavy atom. The maximum Gasteiger partial charge on any atom is 0.119 e. The van der Waals surface area contributed by atoms with Crippen molar-refractivity contribution in [3.05, 3.63) is 24.3 Å². The molecule has 3 atom stereocenters. The molecule has 3 rings (SSSR count). The molecule has 2 aliphatic heterocycles. The van der Waals surface area contributed by atoms with Crippen LogP contribution in [-0.4, -0.2) is 50.9 Å². The molecular weight excluding hydrogens is 252 g/mol. The van der Waals surface area contributed by atoms with Gasteiger partial charge in [-0.1, -0.05) is 0 Å². The van der Waals surface area contributed by atoms with Crippen molar-refractivity contribution in [2.45, 2.75) is 18.9 Å². The molecule has 2 bridgehead atoms. The van der Waals surface area contributed by atoms with Crippen molar-refractivity contribution in [1.82, 2.24) is 4.90 Å². The number of rotatable bonds is 6. The Labute approximate surface area is 121 Å². The van der Waals surface area contributed by atoms with Gasteiger partial charge >= 0.3 is 0 Å². The zero-order chi connectivity index (χ0) is 13.8. The van der Waals surface area contributed by atoms with Crippen LogP contribution in [0.3, 0.4) is 0 Å². The second-order valence-corrected chi connectivity index (χ2v) is 5.75. The van der Waals surface area contributed by atoms with Gasteiger partial charge in [0.2, 0.25) is 0 Å². The fourth-order valence-corrected chi connectivity index (χ4v) is 3.25. The van der Waals surface area contributed by atoms with Crippen LogP contribution >= 0.6 is 0 Å². The first-order valence-corrected chi connectivity index (χ1v) is 7.56. The number of methoxy groups -OCH3 is 1. The largest absolute Gasteiger partial charge is 0.491 e. The van der Waals surface area contributed by atoms with Crippen molar-refractivity contribution in [3.8, 4) is 5.75 Å². The van der Waals surface area contributed by atoms with Crippen LogP contribution < -0.4 is 10.1 Å². The zero-order valence-electron chi connectivity index (χ0n) is 12.2. The molecule has 2 saturated heterocycles. The van der Waals surface area contributed by atoms with Gasteiger partial charge in [0.15, 0.2) is 0 Å². The van der Waals surface area contributed by atoms with Crippen LogP contribution in [0.25, 0.3) is 0 Å². The van der Waals surface area contributed by atoms with E-state index in [2.05, 4.69) is 22.3 Å². The minimum atomic E-state index is 0.601. The van der Waals surface area contributed by atoms with Gasteiger partial charge in [0, 0.05) is 31.9 Å². The molecule has 3 unspecified atom stereocenters. The summed E-state index contributed by atoms with van der Waals surface area (Å²) in [5, 5.41) is 3.70. The van der Waals surface area contributed by atoms with Crippen molar-refractivity contribution >= 4 is 5.69 Å². The van der Waals surface area contributed by atoms with Crippen molar-refractivity contribution in [2.75, 3.05) is 45.3 Å². The number of hydrogen-bond acceptors (Lipinski definition) is 4. The fourth-order valence-electron chi connectivity index (χ4n) is 3.25. The lowest BCUT2D eigenvalue weighted by Crippen LogP contribution is -2.39. The third-order valence-electron chi connectivity index (χ3n) is 4.40. The van der Waals surface area contributed by atoms with Crippen LogP contribution in [0, 0.1) is 5.92 Å². The van der Waals surface area contributed by atoms with Gasteiger partial charge in [0.25, 0.3) is 0 Å². The van der Waals surface area contributed by atoms with Gasteiger partial charge in [-0.05, 0) is 49.6 Å². The molecule has 0 aliphatic carbocycles. The van der Waals surface area contributed by atoms with Gasteiger partial charge in [-0.15, -0.1) is 0 Å². The van der Waals surface area contributed by atoms with Gasteiger partial charge in [-0.3, -0.25) is 0 Å². The maximum atomic E-state index is 5.58. The van der Waals surface area contributed by atoms with Gasteiger partial charge in [0.05, 0.1) is 6.61 Å².